The Morgan fingerprint density at radius 3 is 2.00 bits per heavy atom. The van der Waals surface area contributed by atoms with Gasteiger partial charge < -0.3 is 0 Å². The zero-order valence-electron chi connectivity index (χ0n) is 12.5. The molecule has 3 rings (SSSR count). The van der Waals surface area contributed by atoms with Crippen molar-refractivity contribution < 1.29 is 0 Å². The normalized spacial score (nSPS) is 11.3. The van der Waals surface area contributed by atoms with E-state index in [0.29, 0.717) is 0 Å². The van der Waals surface area contributed by atoms with Gasteiger partial charge in [-0.05, 0) is 28.3 Å². The van der Waals surface area contributed by atoms with E-state index >= 15 is 0 Å². The van der Waals surface area contributed by atoms with Crippen molar-refractivity contribution in [3.63, 3.8) is 0 Å². The lowest BCUT2D eigenvalue weighted by Crippen LogP contribution is -2.20. The van der Waals surface area contributed by atoms with Gasteiger partial charge in [0.15, 0.2) is 0 Å². The Balaban J connectivity index is 2.16. The fourth-order valence-electron chi connectivity index (χ4n) is 2.81. The monoisotopic (exact) mass is 271 g/mol. The molecule has 0 saturated heterocycles. The Morgan fingerprint density at radius 1 is 0.714 bits per heavy atom. The molecule has 0 heterocycles. The second kappa shape index (κ2) is 5.57. The quantitative estimate of drug-likeness (QED) is 0.591. The summed E-state index contributed by atoms with van der Waals surface area (Å²) in [6.07, 6.45) is 0. The molecule has 0 amide bonds. The summed E-state index contributed by atoms with van der Waals surface area (Å²) in [5.41, 5.74) is 4.97. The van der Waals surface area contributed by atoms with Crippen LogP contribution in [0, 0.1) is 6.07 Å². The van der Waals surface area contributed by atoms with Gasteiger partial charge >= 0.3 is 0 Å². The summed E-state index contributed by atoms with van der Waals surface area (Å²) < 4.78 is 0. The number of rotatable bonds is 3. The Labute approximate surface area is 127 Å². The average molecular weight is 271 g/mol. The van der Waals surface area contributed by atoms with Crippen molar-refractivity contribution in [2.24, 2.45) is 0 Å². The first kappa shape index (κ1) is 13.6. The summed E-state index contributed by atoms with van der Waals surface area (Å²) >= 11 is 0. The molecule has 0 heteroatoms. The fraction of sp³-hybridized carbons (Fsp3) is 0.143. The van der Waals surface area contributed by atoms with Gasteiger partial charge in [-0.2, -0.15) is 0 Å². The molecule has 0 aliphatic rings. The number of benzene rings is 3. The van der Waals surface area contributed by atoms with Crippen molar-refractivity contribution >= 4 is 0 Å². The summed E-state index contributed by atoms with van der Waals surface area (Å²) in [5.74, 6) is 0. The zero-order chi connectivity index (χ0) is 14.7. The van der Waals surface area contributed by atoms with E-state index in [1.807, 2.05) is 6.07 Å². The molecule has 3 aromatic rings. The average Bonchev–Trinajstić information content (AvgIpc) is 2.56. The largest absolute Gasteiger partial charge is 0.0622 e. The lowest BCUT2D eigenvalue weighted by atomic mass is 9.75. The first-order chi connectivity index (χ1) is 10.2. The van der Waals surface area contributed by atoms with Gasteiger partial charge in [-0.1, -0.05) is 92.7 Å². The van der Waals surface area contributed by atoms with Gasteiger partial charge in [0.25, 0.3) is 0 Å². The first-order valence-electron chi connectivity index (χ1n) is 7.32. The molecule has 0 atom stereocenters. The van der Waals surface area contributed by atoms with E-state index in [2.05, 4.69) is 92.7 Å². The van der Waals surface area contributed by atoms with E-state index in [4.69, 9.17) is 0 Å². The van der Waals surface area contributed by atoms with Crippen LogP contribution < -0.4 is 0 Å². The highest BCUT2D eigenvalue weighted by atomic mass is 14.3. The highest BCUT2D eigenvalue weighted by molar-refractivity contribution is 5.69. The molecular weight excluding hydrogens is 252 g/mol. The molecule has 0 fully saturated rings. The number of hydrogen-bond acceptors (Lipinski definition) is 0. The summed E-state index contributed by atoms with van der Waals surface area (Å²) in [7, 11) is 0. The van der Waals surface area contributed by atoms with Crippen LogP contribution in [0.1, 0.15) is 25.0 Å². The van der Waals surface area contributed by atoms with Crippen LogP contribution in [0.5, 0.6) is 0 Å². The molecule has 0 aromatic heterocycles. The van der Waals surface area contributed by atoms with Gasteiger partial charge in [-0.25, -0.2) is 0 Å². The third-order valence-electron chi connectivity index (χ3n) is 4.06. The minimum atomic E-state index is -0.0757. The minimum Gasteiger partial charge on any atom is -0.0622 e. The molecule has 0 saturated carbocycles. The standard InChI is InChI=1S/C21H19/c1-21(2,18-13-7-4-8-14-18)20-16-10-9-15-19(20)17-11-5-3-6-12-17/h3-15H,1-2H3. The summed E-state index contributed by atoms with van der Waals surface area (Å²) in [6.45, 7) is 4.53. The van der Waals surface area contributed by atoms with Crippen LogP contribution >= 0.6 is 0 Å². The van der Waals surface area contributed by atoms with Gasteiger partial charge in [-0.15, -0.1) is 0 Å². The molecule has 0 nitrogen and oxygen atoms in total. The first-order valence-corrected chi connectivity index (χ1v) is 7.32. The molecule has 0 unspecified atom stereocenters. The highest BCUT2D eigenvalue weighted by Crippen LogP contribution is 2.37. The maximum atomic E-state index is 3.47. The van der Waals surface area contributed by atoms with Gasteiger partial charge in [0.2, 0.25) is 0 Å². The van der Waals surface area contributed by atoms with Crippen LogP contribution in [0.2, 0.25) is 0 Å². The van der Waals surface area contributed by atoms with Gasteiger partial charge in [0, 0.05) is 5.41 Å². The van der Waals surface area contributed by atoms with Crippen molar-refractivity contribution in [2.45, 2.75) is 19.3 Å². The molecule has 0 aliphatic heterocycles. The van der Waals surface area contributed by atoms with Crippen LogP contribution in [-0.2, 0) is 5.41 Å². The lowest BCUT2D eigenvalue weighted by Gasteiger charge is -2.28. The van der Waals surface area contributed by atoms with Gasteiger partial charge in [0.05, 0.1) is 0 Å². The third kappa shape index (κ3) is 2.62. The number of hydrogen-bond donors (Lipinski definition) is 0. The predicted octanol–water partition coefficient (Wildman–Crippen LogP) is 5.48. The Morgan fingerprint density at radius 2 is 1.33 bits per heavy atom. The Hall–Kier alpha value is -2.34. The predicted molar refractivity (Wildman–Crippen MR) is 89.3 cm³/mol. The Bertz CT molecular complexity index is 709. The van der Waals surface area contributed by atoms with E-state index in [9.17, 15) is 0 Å². The SMILES string of the molecule is CC(C)(c1ccccc1)c1[c]cccc1-c1ccccc1. The van der Waals surface area contributed by atoms with Crippen LogP contribution in [0.4, 0.5) is 0 Å². The van der Waals surface area contributed by atoms with E-state index in [1.54, 1.807) is 0 Å². The lowest BCUT2D eigenvalue weighted by molar-refractivity contribution is 0.641. The zero-order valence-corrected chi connectivity index (χ0v) is 12.5. The second-order valence-corrected chi connectivity index (χ2v) is 5.82. The molecule has 21 heavy (non-hydrogen) atoms. The van der Waals surface area contributed by atoms with Crippen molar-refractivity contribution in [3.05, 3.63) is 96.1 Å². The molecule has 1 radical (unpaired) electrons. The summed E-state index contributed by atoms with van der Waals surface area (Å²) in [4.78, 5) is 0. The van der Waals surface area contributed by atoms with E-state index in [-0.39, 0.29) is 5.41 Å². The molecular formula is C21H19. The maximum Gasteiger partial charge on any atom is 0.0158 e. The fourth-order valence-corrected chi connectivity index (χ4v) is 2.81. The van der Waals surface area contributed by atoms with Crippen LogP contribution in [-0.4, -0.2) is 0 Å². The van der Waals surface area contributed by atoms with Crippen LogP contribution in [0.15, 0.2) is 78.9 Å². The van der Waals surface area contributed by atoms with Crippen LogP contribution in [0.3, 0.4) is 0 Å². The molecule has 0 aliphatic carbocycles. The molecule has 0 N–H and O–H groups in total. The summed E-state index contributed by atoms with van der Waals surface area (Å²) in [5, 5.41) is 0. The van der Waals surface area contributed by atoms with Crippen molar-refractivity contribution in [1.29, 1.82) is 0 Å². The topological polar surface area (TPSA) is 0 Å². The van der Waals surface area contributed by atoms with E-state index < -0.39 is 0 Å². The molecule has 103 valence electrons. The van der Waals surface area contributed by atoms with E-state index in [0.717, 1.165) is 0 Å². The highest BCUT2D eigenvalue weighted by Gasteiger charge is 2.25. The summed E-state index contributed by atoms with van der Waals surface area (Å²) in [6, 6.07) is 30.9. The third-order valence-corrected chi connectivity index (χ3v) is 4.06. The minimum absolute atomic E-state index is 0.0757. The van der Waals surface area contributed by atoms with Crippen molar-refractivity contribution in [3.8, 4) is 11.1 Å². The van der Waals surface area contributed by atoms with E-state index in [1.165, 1.54) is 22.3 Å². The molecule has 0 spiro atoms. The maximum absolute atomic E-state index is 3.47. The molecule has 0 bridgehead atoms. The van der Waals surface area contributed by atoms with Crippen molar-refractivity contribution in [1.82, 2.24) is 0 Å². The smallest absolute Gasteiger partial charge is 0.0158 e. The second-order valence-electron chi connectivity index (χ2n) is 5.82. The van der Waals surface area contributed by atoms with Gasteiger partial charge in [0.1, 0.15) is 0 Å². The van der Waals surface area contributed by atoms with Gasteiger partial charge in [-0.3, -0.25) is 0 Å². The Kier molecular flexibility index (Phi) is 3.62. The van der Waals surface area contributed by atoms with Crippen LogP contribution in [0.25, 0.3) is 11.1 Å². The molecule has 3 aromatic carbocycles. The van der Waals surface area contributed by atoms with Crippen molar-refractivity contribution in [2.75, 3.05) is 0 Å².